The molecule has 142 valence electrons. The molecule has 8 heteroatoms. The van der Waals surface area contributed by atoms with Gasteiger partial charge in [0.1, 0.15) is 0 Å². The van der Waals surface area contributed by atoms with Gasteiger partial charge < -0.3 is 10.4 Å². The molecule has 0 saturated heterocycles. The summed E-state index contributed by atoms with van der Waals surface area (Å²) in [6.45, 7) is 0.164. The molecule has 1 amide bonds. The summed E-state index contributed by atoms with van der Waals surface area (Å²) in [5.74, 6) is 0. The van der Waals surface area contributed by atoms with E-state index in [1.165, 1.54) is 34.4 Å². The third-order valence-electron chi connectivity index (χ3n) is 4.12. The van der Waals surface area contributed by atoms with Crippen molar-refractivity contribution in [2.45, 2.75) is 11.3 Å². The quantitative estimate of drug-likeness (QED) is 0.666. The van der Waals surface area contributed by atoms with Crippen LogP contribution in [-0.2, 0) is 16.4 Å². The van der Waals surface area contributed by atoms with Gasteiger partial charge in [-0.3, -0.25) is 0 Å². The first-order chi connectivity index (χ1) is 13.4. The average molecular weight is 395 g/mol. The monoisotopic (exact) mass is 395 g/mol. The Morgan fingerprint density at radius 1 is 1.11 bits per heavy atom. The summed E-state index contributed by atoms with van der Waals surface area (Å²) in [6.07, 6.45) is 0.691. The summed E-state index contributed by atoms with van der Waals surface area (Å²) in [6, 6.07) is 18.5. The Balaban J connectivity index is 2.08. The largest absolute Gasteiger partial charge is 0.465 e. The second kappa shape index (κ2) is 7.98. The molecule has 28 heavy (non-hydrogen) atoms. The minimum atomic E-state index is -3.94. The highest BCUT2D eigenvalue weighted by molar-refractivity contribution is 7.90. The van der Waals surface area contributed by atoms with E-state index in [1.54, 1.807) is 30.3 Å². The van der Waals surface area contributed by atoms with Gasteiger partial charge in [0.25, 0.3) is 10.0 Å². The van der Waals surface area contributed by atoms with Gasteiger partial charge >= 0.3 is 6.09 Å². The van der Waals surface area contributed by atoms with E-state index in [4.69, 9.17) is 10.4 Å². The fourth-order valence-electron chi connectivity index (χ4n) is 2.81. The van der Waals surface area contributed by atoms with Crippen molar-refractivity contribution in [3.63, 3.8) is 0 Å². The Morgan fingerprint density at radius 3 is 2.54 bits per heavy atom. The minimum absolute atomic E-state index is 0.00884. The third kappa shape index (κ3) is 4.05. The van der Waals surface area contributed by atoms with Crippen molar-refractivity contribution in [2.24, 2.45) is 0 Å². The molecule has 3 rings (SSSR count). The lowest BCUT2D eigenvalue weighted by molar-refractivity contribution is 0.194. The number of aromatic nitrogens is 1. The molecule has 0 bridgehead atoms. The van der Waals surface area contributed by atoms with Gasteiger partial charge in [0, 0.05) is 12.7 Å². The van der Waals surface area contributed by atoms with E-state index >= 15 is 0 Å². The molecule has 0 spiro atoms. The first kappa shape index (κ1) is 19.2. The fourth-order valence-corrected chi connectivity index (χ4v) is 4.25. The number of nitrogens with one attached hydrogen (secondary N) is 1. The predicted molar refractivity (Wildman–Crippen MR) is 103 cm³/mol. The Labute approximate surface area is 162 Å². The van der Waals surface area contributed by atoms with E-state index in [2.05, 4.69) is 5.32 Å². The van der Waals surface area contributed by atoms with Gasteiger partial charge in [-0.15, -0.1) is 0 Å². The molecule has 0 atom stereocenters. The van der Waals surface area contributed by atoms with Crippen LogP contribution in [0.2, 0.25) is 0 Å². The second-order valence-corrected chi connectivity index (χ2v) is 7.84. The summed E-state index contributed by atoms with van der Waals surface area (Å²) in [5, 5.41) is 20.1. The van der Waals surface area contributed by atoms with Crippen LogP contribution in [0.5, 0.6) is 0 Å². The zero-order valence-corrected chi connectivity index (χ0v) is 15.6. The highest BCUT2D eigenvalue weighted by atomic mass is 32.2. The van der Waals surface area contributed by atoms with Crippen LogP contribution in [0.15, 0.2) is 71.8 Å². The molecule has 1 heterocycles. The lowest BCUT2D eigenvalue weighted by atomic mass is 10.1. The third-order valence-corrected chi connectivity index (χ3v) is 5.79. The number of carbonyl (C=O) groups is 1. The zero-order chi connectivity index (χ0) is 20.1. The Hall–Kier alpha value is -3.57. The van der Waals surface area contributed by atoms with Crippen LogP contribution < -0.4 is 5.32 Å². The molecule has 1 aromatic heterocycles. The topological polar surface area (TPSA) is 112 Å². The molecule has 0 unspecified atom stereocenters. The standard InChI is InChI=1S/C20H17N3O4S/c21-13-15-5-4-8-18(11-15)28(26,27)23-14-16(9-10-22-20(24)25)12-19(23)17-6-2-1-3-7-17/h1-8,11-12,14,22H,9-10H2,(H,24,25). The first-order valence-electron chi connectivity index (χ1n) is 8.41. The van der Waals surface area contributed by atoms with Gasteiger partial charge in [0.05, 0.1) is 22.2 Å². The lowest BCUT2D eigenvalue weighted by Crippen LogP contribution is -2.23. The molecule has 3 aromatic rings. The van der Waals surface area contributed by atoms with E-state index in [9.17, 15) is 13.2 Å². The maximum atomic E-state index is 13.2. The normalized spacial score (nSPS) is 11.0. The van der Waals surface area contributed by atoms with E-state index < -0.39 is 16.1 Å². The van der Waals surface area contributed by atoms with Crippen molar-refractivity contribution in [3.8, 4) is 17.3 Å². The number of benzene rings is 2. The van der Waals surface area contributed by atoms with E-state index in [0.29, 0.717) is 23.2 Å². The molecule has 0 aliphatic rings. The van der Waals surface area contributed by atoms with Crippen LogP contribution >= 0.6 is 0 Å². The van der Waals surface area contributed by atoms with Crippen molar-refractivity contribution < 1.29 is 18.3 Å². The summed E-state index contributed by atoms with van der Waals surface area (Å²) >= 11 is 0. The molecular formula is C20H17N3O4S. The highest BCUT2D eigenvalue weighted by Crippen LogP contribution is 2.27. The Bertz CT molecular complexity index is 1150. The van der Waals surface area contributed by atoms with Crippen molar-refractivity contribution >= 4 is 16.1 Å². The van der Waals surface area contributed by atoms with Gasteiger partial charge in [-0.05, 0) is 41.8 Å². The number of hydrogen-bond acceptors (Lipinski definition) is 4. The van der Waals surface area contributed by atoms with Crippen LogP contribution in [0, 0.1) is 11.3 Å². The lowest BCUT2D eigenvalue weighted by Gasteiger charge is -2.11. The molecular weight excluding hydrogens is 378 g/mol. The minimum Gasteiger partial charge on any atom is -0.465 e. The maximum absolute atomic E-state index is 13.2. The molecule has 7 nitrogen and oxygen atoms in total. The van der Waals surface area contributed by atoms with Gasteiger partial charge in [-0.2, -0.15) is 5.26 Å². The average Bonchev–Trinajstić information content (AvgIpc) is 3.13. The van der Waals surface area contributed by atoms with E-state index in [1.807, 2.05) is 12.1 Å². The zero-order valence-electron chi connectivity index (χ0n) is 14.7. The number of hydrogen-bond donors (Lipinski definition) is 2. The summed E-state index contributed by atoms with van der Waals surface area (Å²) in [7, 11) is -3.94. The Kier molecular flexibility index (Phi) is 5.47. The van der Waals surface area contributed by atoms with Crippen LogP contribution in [0.4, 0.5) is 4.79 Å². The molecule has 0 aliphatic heterocycles. The number of nitrogens with zero attached hydrogens (tertiary/aromatic N) is 2. The van der Waals surface area contributed by atoms with Gasteiger partial charge in [-0.1, -0.05) is 36.4 Å². The van der Waals surface area contributed by atoms with Gasteiger partial charge in [0.15, 0.2) is 0 Å². The number of rotatable bonds is 6. The van der Waals surface area contributed by atoms with Gasteiger partial charge in [-0.25, -0.2) is 17.2 Å². The SMILES string of the molecule is N#Cc1cccc(S(=O)(=O)n2cc(CCNC(=O)O)cc2-c2ccccc2)c1. The van der Waals surface area contributed by atoms with Crippen LogP contribution in [0.3, 0.4) is 0 Å². The molecule has 2 aromatic carbocycles. The molecule has 2 N–H and O–H groups in total. The van der Waals surface area contributed by atoms with Crippen LogP contribution in [-0.4, -0.2) is 30.1 Å². The highest BCUT2D eigenvalue weighted by Gasteiger charge is 2.22. The van der Waals surface area contributed by atoms with Crippen LogP contribution in [0.25, 0.3) is 11.3 Å². The van der Waals surface area contributed by atoms with Crippen molar-refractivity contribution in [2.75, 3.05) is 6.54 Å². The summed E-state index contributed by atoms with van der Waals surface area (Å²) in [4.78, 5) is 10.7. The molecule has 0 aliphatic carbocycles. The second-order valence-electron chi connectivity index (χ2n) is 6.02. The molecule has 0 fully saturated rings. The summed E-state index contributed by atoms with van der Waals surface area (Å²) < 4.78 is 27.6. The fraction of sp³-hybridized carbons (Fsp3) is 0.100. The number of nitriles is 1. The van der Waals surface area contributed by atoms with E-state index in [-0.39, 0.29) is 17.0 Å². The van der Waals surface area contributed by atoms with Gasteiger partial charge in [0.2, 0.25) is 0 Å². The van der Waals surface area contributed by atoms with E-state index in [0.717, 1.165) is 0 Å². The molecule has 0 radical (unpaired) electrons. The smallest absolute Gasteiger partial charge is 0.404 e. The van der Waals surface area contributed by atoms with Crippen LogP contribution in [0.1, 0.15) is 11.1 Å². The molecule has 0 saturated carbocycles. The van der Waals surface area contributed by atoms with Crippen molar-refractivity contribution in [1.82, 2.24) is 9.29 Å². The predicted octanol–water partition coefficient (Wildman–Crippen LogP) is 3.07. The maximum Gasteiger partial charge on any atom is 0.404 e. The van der Waals surface area contributed by atoms with Crippen molar-refractivity contribution in [1.29, 1.82) is 5.26 Å². The first-order valence-corrected chi connectivity index (χ1v) is 9.85. The summed E-state index contributed by atoms with van der Waals surface area (Å²) in [5.41, 5.74) is 2.10. The van der Waals surface area contributed by atoms with Crippen molar-refractivity contribution in [3.05, 3.63) is 78.0 Å². The Morgan fingerprint density at radius 2 is 1.86 bits per heavy atom. The number of carboxylic acid groups (broad SMARTS) is 1. The number of amides is 1.